The minimum Gasteiger partial charge on any atom is -0.445 e. The van der Waals surface area contributed by atoms with E-state index in [2.05, 4.69) is 5.32 Å². The van der Waals surface area contributed by atoms with E-state index >= 15 is 0 Å². The molecule has 0 aliphatic heterocycles. The summed E-state index contributed by atoms with van der Waals surface area (Å²) in [4.78, 5) is 12.1. The highest BCUT2D eigenvalue weighted by atomic mass is 35.5. The lowest BCUT2D eigenvalue weighted by Crippen LogP contribution is -2.29. The van der Waals surface area contributed by atoms with Gasteiger partial charge in [0.25, 0.3) is 0 Å². The molecule has 134 valence electrons. The second-order valence-corrected chi connectivity index (χ2v) is 8.89. The Morgan fingerprint density at radius 2 is 1.84 bits per heavy atom. The van der Waals surface area contributed by atoms with Gasteiger partial charge in [-0.2, -0.15) is 0 Å². The van der Waals surface area contributed by atoms with Gasteiger partial charge >= 0.3 is 6.09 Å². The van der Waals surface area contributed by atoms with Gasteiger partial charge in [0.2, 0.25) is 7.37 Å². The minimum atomic E-state index is -3.20. The number of rotatable bonds is 6. The van der Waals surface area contributed by atoms with Crippen molar-refractivity contribution in [2.45, 2.75) is 12.4 Å². The molecule has 0 aliphatic carbocycles. The molecule has 0 saturated carbocycles. The van der Waals surface area contributed by atoms with E-state index in [1.54, 1.807) is 18.2 Å². The number of ether oxygens (including phenoxy) is 1. The molecule has 5 nitrogen and oxygen atoms in total. The maximum Gasteiger partial charge on any atom is 0.408 e. The Balaban J connectivity index is 2.14. The van der Waals surface area contributed by atoms with Gasteiger partial charge in [-0.25, -0.2) is 4.79 Å². The molecule has 0 fully saturated rings. The summed E-state index contributed by atoms with van der Waals surface area (Å²) in [6.45, 7) is 1.53. The van der Waals surface area contributed by atoms with Crippen LogP contribution in [0.3, 0.4) is 0 Å². The van der Waals surface area contributed by atoms with Crippen LogP contribution in [0.2, 0.25) is 10.0 Å². The van der Waals surface area contributed by atoms with E-state index < -0.39 is 19.2 Å². The first-order valence-corrected chi connectivity index (χ1v) is 10.3. The molecule has 0 heterocycles. The molecule has 0 radical (unpaired) electrons. The molecule has 0 bridgehead atoms. The molecule has 2 aromatic rings. The van der Waals surface area contributed by atoms with Crippen molar-refractivity contribution in [2.24, 2.45) is 0 Å². The molecule has 0 unspecified atom stereocenters. The number of halogens is 2. The quantitative estimate of drug-likeness (QED) is 0.651. The van der Waals surface area contributed by atoms with Gasteiger partial charge in [-0.1, -0.05) is 59.6 Å². The zero-order valence-corrected chi connectivity index (χ0v) is 16.1. The minimum absolute atomic E-state index is 0.0990. The van der Waals surface area contributed by atoms with Crippen LogP contribution in [0.1, 0.15) is 16.9 Å². The van der Waals surface area contributed by atoms with Crippen LogP contribution in [0.5, 0.6) is 0 Å². The van der Waals surface area contributed by atoms with Gasteiger partial charge in [-0.05, 0) is 23.3 Å². The Bertz CT molecular complexity index is 785. The van der Waals surface area contributed by atoms with Crippen LogP contribution < -0.4 is 5.32 Å². The van der Waals surface area contributed by atoms with Gasteiger partial charge in [0.05, 0.1) is 10.0 Å². The van der Waals surface area contributed by atoms with E-state index in [9.17, 15) is 9.36 Å². The third-order valence-corrected chi connectivity index (χ3v) is 6.39. The van der Waals surface area contributed by atoms with Crippen LogP contribution in [0.4, 0.5) is 4.79 Å². The lowest BCUT2D eigenvalue weighted by molar-refractivity contribution is 0.137. The van der Waals surface area contributed by atoms with Gasteiger partial charge in [0, 0.05) is 13.8 Å². The fourth-order valence-corrected chi connectivity index (χ4v) is 3.70. The van der Waals surface area contributed by atoms with Crippen molar-refractivity contribution >= 4 is 36.7 Å². The predicted octanol–water partition coefficient (Wildman–Crippen LogP) is 5.47. The van der Waals surface area contributed by atoms with Crippen LogP contribution in [0, 0.1) is 0 Å². The highest BCUT2D eigenvalue weighted by Gasteiger charge is 2.32. The molecule has 2 aromatic carbocycles. The number of alkyl carbamates (subject to hydrolysis) is 1. The molecule has 0 saturated heterocycles. The van der Waals surface area contributed by atoms with Gasteiger partial charge in [-0.3, -0.25) is 4.57 Å². The number of carbonyl (C=O) groups is 1. The molecule has 1 amide bonds. The van der Waals surface area contributed by atoms with Crippen LogP contribution >= 0.6 is 30.6 Å². The molecule has 25 heavy (non-hydrogen) atoms. The smallest absolute Gasteiger partial charge is 0.408 e. The van der Waals surface area contributed by atoms with Crippen molar-refractivity contribution in [3.8, 4) is 0 Å². The Morgan fingerprint density at radius 3 is 2.44 bits per heavy atom. The third kappa shape index (κ3) is 5.48. The summed E-state index contributed by atoms with van der Waals surface area (Å²) in [6, 6.07) is 14.0. The number of hydrogen-bond acceptors (Lipinski definition) is 4. The largest absolute Gasteiger partial charge is 0.445 e. The summed E-state index contributed by atoms with van der Waals surface area (Å²) >= 11 is 11.9. The molecule has 2 atom stereocenters. The van der Waals surface area contributed by atoms with Crippen LogP contribution in [-0.4, -0.2) is 19.9 Å². The first kappa shape index (κ1) is 19.8. The fraction of sp³-hybridized carbons (Fsp3) is 0.235. The van der Waals surface area contributed by atoms with Crippen LogP contribution in [0.15, 0.2) is 48.5 Å². The molecule has 0 spiro atoms. The summed E-state index contributed by atoms with van der Waals surface area (Å²) in [5.41, 5.74) is 1.36. The monoisotopic (exact) mass is 401 g/mol. The summed E-state index contributed by atoms with van der Waals surface area (Å²) in [6.07, 6.45) is -0.709. The van der Waals surface area contributed by atoms with Crippen molar-refractivity contribution in [2.75, 3.05) is 13.8 Å². The first-order chi connectivity index (χ1) is 11.8. The van der Waals surface area contributed by atoms with E-state index in [4.69, 9.17) is 32.5 Å². The first-order valence-electron chi connectivity index (χ1n) is 7.38. The number of carbonyl (C=O) groups excluding carboxylic acids is 1. The van der Waals surface area contributed by atoms with Crippen molar-refractivity contribution in [1.29, 1.82) is 0 Å². The average Bonchev–Trinajstić information content (AvgIpc) is 2.61. The van der Waals surface area contributed by atoms with Crippen LogP contribution in [-0.2, 0) is 20.4 Å². The summed E-state index contributed by atoms with van der Waals surface area (Å²) < 4.78 is 23.0. The summed E-state index contributed by atoms with van der Waals surface area (Å²) in [7, 11) is -1.88. The van der Waals surface area contributed by atoms with Crippen LogP contribution in [0.25, 0.3) is 0 Å². The van der Waals surface area contributed by atoms with Gasteiger partial charge in [0.1, 0.15) is 12.4 Å². The van der Waals surface area contributed by atoms with E-state index in [0.717, 1.165) is 5.56 Å². The standard InChI is InChI=1S/C17H18Cl2NO4P/c1-23-25(2,22)16(13-8-9-14(18)15(19)10-13)20-17(21)24-11-12-6-4-3-5-7-12/h3-10,16H,11H2,1-2H3,(H,20,21)/t16-,25+/m1/s1. The van der Waals surface area contributed by atoms with E-state index in [0.29, 0.717) is 15.6 Å². The Morgan fingerprint density at radius 1 is 1.16 bits per heavy atom. The van der Waals surface area contributed by atoms with Crippen molar-refractivity contribution < 1.29 is 18.6 Å². The molecule has 1 N–H and O–H groups in total. The van der Waals surface area contributed by atoms with Crippen molar-refractivity contribution in [1.82, 2.24) is 5.32 Å². The molecule has 0 aromatic heterocycles. The van der Waals surface area contributed by atoms with Gasteiger partial charge in [-0.15, -0.1) is 0 Å². The number of benzene rings is 2. The van der Waals surface area contributed by atoms with Crippen molar-refractivity contribution in [3.63, 3.8) is 0 Å². The molecule has 8 heteroatoms. The third-order valence-electron chi connectivity index (χ3n) is 3.56. The normalized spacial score (nSPS) is 14.4. The Kier molecular flexibility index (Phi) is 6.91. The molecule has 0 aliphatic rings. The highest BCUT2D eigenvalue weighted by Crippen LogP contribution is 2.55. The fourth-order valence-electron chi connectivity index (χ4n) is 2.14. The topological polar surface area (TPSA) is 64.6 Å². The zero-order valence-electron chi connectivity index (χ0n) is 13.7. The highest BCUT2D eigenvalue weighted by molar-refractivity contribution is 7.58. The maximum atomic E-state index is 12.7. The zero-order chi connectivity index (χ0) is 18.4. The summed E-state index contributed by atoms with van der Waals surface area (Å²) in [5.74, 6) is -0.907. The predicted molar refractivity (Wildman–Crippen MR) is 99.5 cm³/mol. The second kappa shape index (κ2) is 8.72. The van der Waals surface area contributed by atoms with E-state index in [1.165, 1.54) is 13.8 Å². The number of nitrogens with one attached hydrogen (secondary N) is 1. The molecular weight excluding hydrogens is 384 g/mol. The number of hydrogen-bond donors (Lipinski definition) is 1. The SMILES string of the molecule is CO[P@](C)(=O)[C@@H](NC(=O)OCc1ccccc1)c1ccc(Cl)c(Cl)c1. The lowest BCUT2D eigenvalue weighted by atomic mass is 10.2. The molecular formula is C17H18Cl2NO4P. The maximum absolute atomic E-state index is 12.7. The summed E-state index contributed by atoms with van der Waals surface area (Å²) in [5, 5.41) is 3.24. The van der Waals surface area contributed by atoms with Gasteiger partial charge in [0.15, 0.2) is 0 Å². The number of amides is 1. The average molecular weight is 402 g/mol. The van der Waals surface area contributed by atoms with E-state index in [-0.39, 0.29) is 6.61 Å². The Hall–Kier alpha value is -1.52. The Labute approximate surface area is 156 Å². The van der Waals surface area contributed by atoms with Crippen molar-refractivity contribution in [3.05, 3.63) is 69.7 Å². The van der Waals surface area contributed by atoms with E-state index in [1.807, 2.05) is 30.3 Å². The molecule has 2 rings (SSSR count). The lowest BCUT2D eigenvalue weighted by Gasteiger charge is -2.24. The second-order valence-electron chi connectivity index (χ2n) is 5.37. The van der Waals surface area contributed by atoms with Gasteiger partial charge < -0.3 is 14.6 Å².